The van der Waals surface area contributed by atoms with Gasteiger partial charge in [0.1, 0.15) is 17.2 Å². The molecular formula is C23H27N7O3. The van der Waals surface area contributed by atoms with Gasteiger partial charge in [-0.05, 0) is 31.0 Å². The number of aromatic carboxylic acids is 1. The van der Waals surface area contributed by atoms with Crippen molar-refractivity contribution in [3.8, 4) is 0 Å². The van der Waals surface area contributed by atoms with Crippen LogP contribution < -0.4 is 10.2 Å². The molecule has 0 aromatic carbocycles. The molecule has 0 unspecified atom stereocenters. The molecule has 4 heterocycles. The summed E-state index contributed by atoms with van der Waals surface area (Å²) >= 11 is 0. The number of nitrogens with zero attached hydrogens (tertiary/aromatic N) is 6. The zero-order valence-electron chi connectivity index (χ0n) is 18.6. The van der Waals surface area contributed by atoms with Crippen molar-refractivity contribution in [2.75, 3.05) is 36.4 Å². The Bertz CT molecular complexity index is 1180. The van der Waals surface area contributed by atoms with E-state index in [1.165, 1.54) is 0 Å². The van der Waals surface area contributed by atoms with Gasteiger partial charge in [0.15, 0.2) is 0 Å². The van der Waals surface area contributed by atoms with E-state index in [2.05, 4.69) is 25.2 Å². The van der Waals surface area contributed by atoms with Gasteiger partial charge in [0.2, 0.25) is 11.9 Å². The second-order valence-electron chi connectivity index (χ2n) is 8.64. The summed E-state index contributed by atoms with van der Waals surface area (Å²) in [6.45, 7) is 4.57. The van der Waals surface area contributed by atoms with Gasteiger partial charge in [-0.2, -0.15) is 4.98 Å². The van der Waals surface area contributed by atoms with E-state index in [-0.39, 0.29) is 17.6 Å². The summed E-state index contributed by atoms with van der Waals surface area (Å²) < 4.78 is 1.86. The van der Waals surface area contributed by atoms with Crippen LogP contribution in [-0.4, -0.2) is 67.6 Å². The summed E-state index contributed by atoms with van der Waals surface area (Å²) in [5.74, 6) is 0.152. The highest BCUT2D eigenvalue weighted by Crippen LogP contribution is 2.34. The van der Waals surface area contributed by atoms with E-state index in [0.29, 0.717) is 30.5 Å². The van der Waals surface area contributed by atoms with Crippen LogP contribution in [0.4, 0.5) is 17.5 Å². The lowest BCUT2D eigenvalue weighted by atomic mass is 10.2. The number of hydrogen-bond acceptors (Lipinski definition) is 7. The van der Waals surface area contributed by atoms with Gasteiger partial charge in [0, 0.05) is 50.7 Å². The van der Waals surface area contributed by atoms with Gasteiger partial charge in [-0.15, -0.1) is 0 Å². The molecule has 1 saturated heterocycles. The average molecular weight is 450 g/mol. The molecule has 172 valence electrons. The molecule has 0 atom stereocenters. The first-order chi connectivity index (χ1) is 16.0. The highest BCUT2D eigenvalue weighted by atomic mass is 16.4. The quantitative estimate of drug-likeness (QED) is 0.611. The summed E-state index contributed by atoms with van der Waals surface area (Å²) in [5, 5.41) is 13.5. The Kier molecular flexibility index (Phi) is 5.57. The topological polar surface area (TPSA) is 116 Å². The number of fused-ring (bicyclic) bond motifs is 1. The Morgan fingerprint density at radius 2 is 1.82 bits per heavy atom. The lowest BCUT2D eigenvalue weighted by Crippen LogP contribution is -2.48. The third kappa shape index (κ3) is 4.20. The highest BCUT2D eigenvalue weighted by molar-refractivity contribution is 5.93. The molecule has 0 bridgehead atoms. The molecule has 1 aliphatic carbocycles. The Labute approximate surface area is 191 Å². The minimum absolute atomic E-state index is 0.110. The summed E-state index contributed by atoms with van der Waals surface area (Å²) in [6, 6.07) is 5.66. The first-order valence-electron chi connectivity index (χ1n) is 11.3. The number of carboxylic acid groups (broad SMARTS) is 1. The van der Waals surface area contributed by atoms with Crippen molar-refractivity contribution in [3.05, 3.63) is 36.3 Å². The third-order valence-corrected chi connectivity index (χ3v) is 6.56. The van der Waals surface area contributed by atoms with E-state index >= 15 is 0 Å². The number of rotatable bonds is 5. The number of carbonyl (C=O) groups excluding carboxylic acids is 1. The number of carboxylic acids is 1. The minimum atomic E-state index is -0.948. The maximum Gasteiger partial charge on any atom is 0.352 e. The molecule has 33 heavy (non-hydrogen) atoms. The van der Waals surface area contributed by atoms with Gasteiger partial charge < -0.3 is 24.8 Å². The molecule has 10 heteroatoms. The maximum atomic E-state index is 11.8. The number of nitrogens with one attached hydrogen (secondary N) is 1. The van der Waals surface area contributed by atoms with Gasteiger partial charge in [-0.3, -0.25) is 4.79 Å². The predicted octanol–water partition coefficient (Wildman–Crippen LogP) is 3.05. The van der Waals surface area contributed by atoms with Crippen LogP contribution in [0, 0.1) is 0 Å². The number of aromatic nitrogens is 4. The second kappa shape index (κ2) is 8.68. The minimum Gasteiger partial charge on any atom is -0.477 e. The van der Waals surface area contributed by atoms with Crippen LogP contribution in [0.15, 0.2) is 30.6 Å². The lowest BCUT2D eigenvalue weighted by Gasteiger charge is -2.35. The van der Waals surface area contributed by atoms with Gasteiger partial charge in [0.25, 0.3) is 0 Å². The SMILES string of the molecule is CC(=O)N1CCN(c2ccc(Nc3ncc4cc(C(=O)O)n(C5CCCC5)c4n3)nc2)CC1. The normalized spacial score (nSPS) is 17.0. The van der Waals surface area contributed by atoms with Crippen LogP contribution in [-0.2, 0) is 4.79 Å². The van der Waals surface area contributed by atoms with E-state index < -0.39 is 5.97 Å². The van der Waals surface area contributed by atoms with Crippen LogP contribution in [0.25, 0.3) is 11.0 Å². The molecule has 2 N–H and O–H groups in total. The van der Waals surface area contributed by atoms with Crippen molar-refractivity contribution in [1.29, 1.82) is 0 Å². The fraction of sp³-hybridized carbons (Fsp3) is 0.435. The number of piperazine rings is 1. The number of anilines is 3. The van der Waals surface area contributed by atoms with Crippen molar-refractivity contribution in [2.24, 2.45) is 0 Å². The molecule has 2 fully saturated rings. The second-order valence-corrected chi connectivity index (χ2v) is 8.64. The van der Waals surface area contributed by atoms with Crippen molar-refractivity contribution in [1.82, 2.24) is 24.4 Å². The van der Waals surface area contributed by atoms with Gasteiger partial charge >= 0.3 is 5.97 Å². The molecule has 1 aliphatic heterocycles. The fourth-order valence-corrected chi connectivity index (χ4v) is 4.81. The van der Waals surface area contributed by atoms with Crippen molar-refractivity contribution in [2.45, 2.75) is 38.6 Å². The van der Waals surface area contributed by atoms with E-state index in [1.54, 1.807) is 25.4 Å². The van der Waals surface area contributed by atoms with Crippen LogP contribution in [0.2, 0.25) is 0 Å². The van der Waals surface area contributed by atoms with E-state index in [1.807, 2.05) is 21.6 Å². The molecule has 2 aliphatic rings. The van der Waals surface area contributed by atoms with E-state index in [0.717, 1.165) is 49.8 Å². The first kappa shape index (κ1) is 21.2. The van der Waals surface area contributed by atoms with Gasteiger partial charge in [-0.25, -0.2) is 14.8 Å². The predicted molar refractivity (Wildman–Crippen MR) is 124 cm³/mol. The van der Waals surface area contributed by atoms with Crippen LogP contribution in [0.3, 0.4) is 0 Å². The summed E-state index contributed by atoms with van der Waals surface area (Å²) in [4.78, 5) is 40.9. The molecule has 10 nitrogen and oxygen atoms in total. The largest absolute Gasteiger partial charge is 0.477 e. The molecule has 1 amide bonds. The van der Waals surface area contributed by atoms with E-state index in [9.17, 15) is 14.7 Å². The smallest absolute Gasteiger partial charge is 0.352 e. The highest BCUT2D eigenvalue weighted by Gasteiger charge is 2.25. The standard InChI is InChI=1S/C23H27N7O3/c1-15(31)28-8-10-29(11-9-28)18-6-7-20(24-14-18)26-23-25-13-16-12-19(22(32)33)30(21(16)27-23)17-4-2-3-5-17/h6-7,12-14,17H,2-5,8-11H2,1H3,(H,32,33)(H,24,25,26,27). The molecule has 0 spiro atoms. The molecule has 3 aromatic heterocycles. The summed E-state index contributed by atoms with van der Waals surface area (Å²) in [6.07, 6.45) is 7.57. The zero-order chi connectivity index (χ0) is 22.9. The van der Waals surface area contributed by atoms with E-state index in [4.69, 9.17) is 0 Å². The van der Waals surface area contributed by atoms with Crippen molar-refractivity contribution in [3.63, 3.8) is 0 Å². The van der Waals surface area contributed by atoms with Crippen LogP contribution >= 0.6 is 0 Å². The monoisotopic (exact) mass is 449 g/mol. The van der Waals surface area contributed by atoms with Crippen molar-refractivity contribution < 1.29 is 14.7 Å². The number of amides is 1. The number of carbonyl (C=O) groups is 2. The Balaban J connectivity index is 1.34. The molecule has 5 rings (SSSR count). The van der Waals surface area contributed by atoms with Crippen molar-refractivity contribution >= 4 is 40.4 Å². The maximum absolute atomic E-state index is 11.8. The Morgan fingerprint density at radius 3 is 2.45 bits per heavy atom. The lowest BCUT2D eigenvalue weighted by molar-refractivity contribution is -0.129. The number of pyridine rings is 1. The molecule has 1 saturated carbocycles. The third-order valence-electron chi connectivity index (χ3n) is 6.56. The Hall–Kier alpha value is -3.69. The van der Waals surface area contributed by atoms with Gasteiger partial charge in [0.05, 0.1) is 11.9 Å². The summed E-state index contributed by atoms with van der Waals surface area (Å²) in [5.41, 5.74) is 1.90. The summed E-state index contributed by atoms with van der Waals surface area (Å²) in [7, 11) is 0. The first-order valence-corrected chi connectivity index (χ1v) is 11.3. The molecular weight excluding hydrogens is 422 g/mol. The van der Waals surface area contributed by atoms with Gasteiger partial charge in [-0.1, -0.05) is 12.8 Å². The van der Waals surface area contributed by atoms with Crippen LogP contribution in [0.1, 0.15) is 49.1 Å². The molecule has 0 radical (unpaired) electrons. The number of hydrogen-bond donors (Lipinski definition) is 2. The fourth-order valence-electron chi connectivity index (χ4n) is 4.81. The molecule has 3 aromatic rings. The Morgan fingerprint density at radius 1 is 1.06 bits per heavy atom. The zero-order valence-corrected chi connectivity index (χ0v) is 18.6. The average Bonchev–Trinajstić information content (AvgIpc) is 3.47. The van der Waals surface area contributed by atoms with Crippen LogP contribution in [0.5, 0.6) is 0 Å².